The topological polar surface area (TPSA) is 61.8 Å². The van der Waals surface area contributed by atoms with Crippen LogP contribution in [-0.2, 0) is 16.6 Å². The van der Waals surface area contributed by atoms with Crippen LogP contribution in [0.2, 0.25) is 0 Å². The van der Waals surface area contributed by atoms with Gasteiger partial charge in [0.1, 0.15) is 11.9 Å². The molecule has 5 heteroatoms. The summed E-state index contributed by atoms with van der Waals surface area (Å²) in [7, 11) is 0. The van der Waals surface area contributed by atoms with E-state index in [0.29, 0.717) is 19.4 Å². The molecule has 2 N–H and O–H groups in total. The highest BCUT2D eigenvalue weighted by Crippen LogP contribution is 2.37. The molecule has 0 aliphatic carbocycles. The molecule has 1 aliphatic rings. The number of amides is 1. The van der Waals surface area contributed by atoms with Gasteiger partial charge in [-0.3, -0.25) is 4.79 Å². The summed E-state index contributed by atoms with van der Waals surface area (Å²) in [6.45, 7) is 11.4. The normalized spacial score (nSPS) is 16.2. The van der Waals surface area contributed by atoms with Gasteiger partial charge in [-0.2, -0.15) is 0 Å². The number of ether oxygens (including phenoxy) is 1. The predicted octanol–water partition coefficient (Wildman–Crippen LogP) is 4.52. The van der Waals surface area contributed by atoms with Crippen LogP contribution >= 0.6 is 0 Å². The van der Waals surface area contributed by atoms with Crippen molar-refractivity contribution >= 4 is 17.3 Å². The Hall–Kier alpha value is -2.53. The Morgan fingerprint density at radius 1 is 1.20 bits per heavy atom. The zero-order valence-corrected chi connectivity index (χ0v) is 18.7. The zero-order valence-electron chi connectivity index (χ0n) is 18.7. The van der Waals surface area contributed by atoms with E-state index in [4.69, 9.17) is 4.74 Å². The van der Waals surface area contributed by atoms with Crippen molar-refractivity contribution in [3.8, 4) is 5.75 Å². The van der Waals surface area contributed by atoms with Crippen LogP contribution in [-0.4, -0.2) is 36.3 Å². The third-order valence-corrected chi connectivity index (χ3v) is 5.53. The van der Waals surface area contributed by atoms with Crippen molar-refractivity contribution in [2.45, 2.75) is 65.0 Å². The first-order valence-corrected chi connectivity index (χ1v) is 10.7. The summed E-state index contributed by atoms with van der Waals surface area (Å²) < 4.78 is 5.86. The number of anilines is 2. The van der Waals surface area contributed by atoms with Crippen LogP contribution < -0.4 is 15.0 Å². The molecule has 0 spiro atoms. The van der Waals surface area contributed by atoms with Crippen molar-refractivity contribution < 1.29 is 14.6 Å². The lowest BCUT2D eigenvalue weighted by Gasteiger charge is -2.38. The van der Waals surface area contributed by atoms with Crippen LogP contribution in [0.25, 0.3) is 0 Å². The second-order valence-corrected chi connectivity index (χ2v) is 9.35. The summed E-state index contributed by atoms with van der Waals surface area (Å²) in [5.41, 5.74) is 4.31. The van der Waals surface area contributed by atoms with Gasteiger partial charge >= 0.3 is 0 Å². The molecule has 1 aliphatic heterocycles. The highest BCUT2D eigenvalue weighted by Gasteiger charge is 2.27. The van der Waals surface area contributed by atoms with Gasteiger partial charge in [0.15, 0.2) is 0 Å². The van der Waals surface area contributed by atoms with E-state index < -0.39 is 0 Å². The van der Waals surface area contributed by atoms with Gasteiger partial charge in [0, 0.05) is 18.2 Å². The Kier molecular flexibility index (Phi) is 6.71. The van der Waals surface area contributed by atoms with Crippen LogP contribution in [0.3, 0.4) is 0 Å². The number of hydrogen-bond acceptors (Lipinski definition) is 4. The molecule has 0 saturated heterocycles. The second-order valence-electron chi connectivity index (χ2n) is 9.35. The van der Waals surface area contributed by atoms with Crippen LogP contribution in [0, 0.1) is 0 Å². The molecule has 0 saturated carbocycles. The van der Waals surface area contributed by atoms with Crippen molar-refractivity contribution in [2.24, 2.45) is 0 Å². The fraction of sp³-hybridized carbons (Fsp3) is 0.480. The Labute approximate surface area is 180 Å². The number of carbonyl (C=O) groups is 1. The first kappa shape index (κ1) is 22.2. The molecule has 0 radical (unpaired) electrons. The quantitative estimate of drug-likeness (QED) is 0.735. The first-order chi connectivity index (χ1) is 14.2. The minimum atomic E-state index is -0.231. The van der Waals surface area contributed by atoms with Crippen molar-refractivity contribution in [1.29, 1.82) is 0 Å². The zero-order chi connectivity index (χ0) is 21.9. The van der Waals surface area contributed by atoms with E-state index >= 15 is 0 Å². The Morgan fingerprint density at radius 2 is 1.90 bits per heavy atom. The summed E-state index contributed by atoms with van der Waals surface area (Å²) in [6, 6.07) is 14.5. The van der Waals surface area contributed by atoms with Gasteiger partial charge in [0.05, 0.1) is 18.8 Å². The van der Waals surface area contributed by atoms with Gasteiger partial charge in [-0.05, 0) is 55.0 Å². The smallest absolute Gasteiger partial charge is 0.224 e. The van der Waals surface area contributed by atoms with Crippen molar-refractivity contribution in [3.63, 3.8) is 0 Å². The number of aryl methyl sites for hydroxylation is 1. The van der Waals surface area contributed by atoms with Gasteiger partial charge in [0.25, 0.3) is 0 Å². The summed E-state index contributed by atoms with van der Waals surface area (Å²) >= 11 is 0. The summed E-state index contributed by atoms with van der Waals surface area (Å²) in [4.78, 5) is 14.7. The first-order valence-electron chi connectivity index (χ1n) is 10.7. The molecule has 30 heavy (non-hydrogen) atoms. The van der Waals surface area contributed by atoms with E-state index in [1.54, 1.807) is 0 Å². The van der Waals surface area contributed by atoms with Gasteiger partial charge in [-0.1, -0.05) is 45.0 Å². The molecule has 0 aromatic heterocycles. The minimum absolute atomic E-state index is 0.00379. The number of fused-ring (bicyclic) bond motifs is 1. The molecule has 1 unspecified atom stereocenters. The van der Waals surface area contributed by atoms with Gasteiger partial charge in [0.2, 0.25) is 5.91 Å². The van der Waals surface area contributed by atoms with E-state index in [0.717, 1.165) is 22.7 Å². The maximum absolute atomic E-state index is 12.5. The minimum Gasteiger partial charge on any atom is -0.484 e. The molecule has 2 aromatic carbocycles. The fourth-order valence-electron chi connectivity index (χ4n) is 3.69. The molecule has 162 valence electrons. The number of carbonyl (C=O) groups excluding carboxylic acids is 1. The molecule has 1 amide bonds. The average molecular weight is 411 g/mol. The van der Waals surface area contributed by atoms with E-state index in [-0.39, 0.29) is 30.1 Å². The van der Waals surface area contributed by atoms with Crippen LogP contribution in [0.1, 0.15) is 52.2 Å². The molecular weight excluding hydrogens is 376 g/mol. The maximum atomic E-state index is 12.5. The van der Waals surface area contributed by atoms with Crippen molar-refractivity contribution in [3.05, 3.63) is 53.6 Å². The molecule has 1 atom stereocenters. The van der Waals surface area contributed by atoms with Crippen molar-refractivity contribution in [1.82, 2.24) is 0 Å². The number of nitrogens with one attached hydrogen (secondary N) is 1. The SMILES string of the molecule is CC(C)N1CC(CO)Oc2ccc(NC(=O)CCc3ccc(C(C)(C)C)cc3)cc21. The number of aliphatic hydroxyl groups is 1. The third kappa shape index (κ3) is 5.33. The standard InChI is InChI=1S/C25H34N2O3/c1-17(2)27-15-21(16-28)30-23-12-11-20(14-22(23)27)26-24(29)13-8-18-6-9-19(10-7-18)25(3,4)5/h6-7,9-12,14,17,21,28H,8,13,15-16H2,1-5H3,(H,26,29). The molecule has 3 rings (SSSR count). The van der Waals surface area contributed by atoms with E-state index in [1.165, 1.54) is 5.56 Å². The largest absolute Gasteiger partial charge is 0.484 e. The third-order valence-electron chi connectivity index (χ3n) is 5.53. The Balaban J connectivity index is 1.62. The molecular formula is C25H34N2O3. The number of hydrogen-bond donors (Lipinski definition) is 2. The monoisotopic (exact) mass is 410 g/mol. The molecule has 0 bridgehead atoms. The molecule has 1 heterocycles. The highest BCUT2D eigenvalue weighted by molar-refractivity contribution is 5.91. The number of nitrogens with zero attached hydrogens (tertiary/aromatic N) is 1. The summed E-state index contributed by atoms with van der Waals surface area (Å²) in [5.74, 6) is 0.738. The van der Waals surface area contributed by atoms with Gasteiger partial charge in [-0.25, -0.2) is 0 Å². The summed E-state index contributed by atoms with van der Waals surface area (Å²) in [5, 5.41) is 12.5. The summed E-state index contributed by atoms with van der Waals surface area (Å²) in [6.07, 6.45) is 0.911. The van der Waals surface area contributed by atoms with E-state index in [2.05, 4.69) is 69.1 Å². The maximum Gasteiger partial charge on any atom is 0.224 e. The van der Waals surface area contributed by atoms with Crippen LogP contribution in [0.15, 0.2) is 42.5 Å². The molecule has 2 aromatic rings. The highest BCUT2D eigenvalue weighted by atomic mass is 16.5. The number of rotatable bonds is 6. The number of benzene rings is 2. The molecule has 5 nitrogen and oxygen atoms in total. The van der Waals surface area contributed by atoms with E-state index in [9.17, 15) is 9.90 Å². The fourth-order valence-corrected chi connectivity index (χ4v) is 3.69. The number of aliphatic hydroxyl groups excluding tert-OH is 1. The Bertz CT molecular complexity index is 869. The Morgan fingerprint density at radius 3 is 2.50 bits per heavy atom. The van der Waals surface area contributed by atoms with Gasteiger partial charge < -0.3 is 20.1 Å². The lowest BCUT2D eigenvalue weighted by atomic mass is 9.86. The lowest BCUT2D eigenvalue weighted by molar-refractivity contribution is -0.116. The van der Waals surface area contributed by atoms with Crippen LogP contribution in [0.4, 0.5) is 11.4 Å². The average Bonchev–Trinajstić information content (AvgIpc) is 2.71. The second kappa shape index (κ2) is 9.09. The van der Waals surface area contributed by atoms with Crippen LogP contribution in [0.5, 0.6) is 5.75 Å². The molecule has 0 fully saturated rings. The van der Waals surface area contributed by atoms with E-state index in [1.807, 2.05) is 18.2 Å². The van der Waals surface area contributed by atoms with Gasteiger partial charge in [-0.15, -0.1) is 0 Å². The lowest BCUT2D eigenvalue weighted by Crippen LogP contribution is -2.45. The predicted molar refractivity (Wildman–Crippen MR) is 123 cm³/mol. The van der Waals surface area contributed by atoms with Crippen molar-refractivity contribution in [2.75, 3.05) is 23.4 Å².